The van der Waals surface area contributed by atoms with Crippen LogP contribution in [0.25, 0.3) is 0 Å². The number of hydrogen-bond acceptors (Lipinski definition) is 7. The number of aryl methyl sites for hydroxylation is 2. The average molecular weight is 441 g/mol. The van der Waals surface area contributed by atoms with Crippen LogP contribution in [0, 0.1) is 13.8 Å². The van der Waals surface area contributed by atoms with E-state index in [-0.39, 0.29) is 22.8 Å². The first-order chi connectivity index (χ1) is 13.6. The van der Waals surface area contributed by atoms with Crippen LogP contribution in [0.5, 0.6) is 0 Å². The molecule has 3 rings (SSSR count). The van der Waals surface area contributed by atoms with Gasteiger partial charge < -0.3 is 4.74 Å². The first-order valence-electron chi connectivity index (χ1n) is 9.18. The van der Waals surface area contributed by atoms with Crippen LogP contribution < -0.4 is 0 Å². The maximum atomic E-state index is 12.5. The molecule has 1 fully saturated rings. The zero-order valence-electron chi connectivity index (χ0n) is 16.4. The lowest BCUT2D eigenvalue weighted by atomic mass is 10.2. The van der Waals surface area contributed by atoms with E-state index in [1.54, 1.807) is 31.2 Å². The van der Waals surface area contributed by atoms with E-state index in [4.69, 9.17) is 13.1 Å². The van der Waals surface area contributed by atoms with Gasteiger partial charge in [0.15, 0.2) is 0 Å². The lowest BCUT2D eigenvalue weighted by Gasteiger charge is -2.14. The minimum absolute atomic E-state index is 0.0592. The van der Waals surface area contributed by atoms with E-state index in [1.165, 1.54) is 24.3 Å². The maximum Gasteiger partial charge on any atom is 0.297 e. The standard InChI is InChI=1S/C20H24O7S2/c1-14-4-8-18(9-5-14)28(21,22)25-13-17-12-20(16(3)26-17)27-29(23,24)19-10-6-15(2)7-11-19/h4-11,16-17,20H,12-13H2,1-3H3/t16-,17-,20+/m0/s1. The molecule has 0 N–H and O–H groups in total. The van der Waals surface area contributed by atoms with Gasteiger partial charge in [-0.1, -0.05) is 35.4 Å². The van der Waals surface area contributed by atoms with Crippen LogP contribution in [-0.4, -0.2) is 41.8 Å². The largest absolute Gasteiger partial charge is 0.370 e. The van der Waals surface area contributed by atoms with Gasteiger partial charge in [-0.15, -0.1) is 0 Å². The molecule has 0 aliphatic carbocycles. The summed E-state index contributed by atoms with van der Waals surface area (Å²) in [6.07, 6.45) is -1.64. The Bertz CT molecular complexity index is 1040. The van der Waals surface area contributed by atoms with E-state index in [2.05, 4.69) is 0 Å². The smallest absolute Gasteiger partial charge is 0.297 e. The Labute approximate surface area is 171 Å². The van der Waals surface area contributed by atoms with Crippen molar-refractivity contribution in [3.8, 4) is 0 Å². The van der Waals surface area contributed by atoms with Gasteiger partial charge in [-0.3, -0.25) is 8.37 Å². The molecule has 2 aromatic carbocycles. The van der Waals surface area contributed by atoms with E-state index >= 15 is 0 Å². The third kappa shape index (κ3) is 5.43. The van der Waals surface area contributed by atoms with Crippen molar-refractivity contribution in [2.75, 3.05) is 6.61 Å². The summed E-state index contributed by atoms with van der Waals surface area (Å²) in [5, 5.41) is 0. The molecule has 0 amide bonds. The normalized spacial score (nSPS) is 22.7. The van der Waals surface area contributed by atoms with E-state index in [0.717, 1.165) is 11.1 Å². The summed E-state index contributed by atoms with van der Waals surface area (Å²) in [5.41, 5.74) is 1.88. The lowest BCUT2D eigenvalue weighted by molar-refractivity contribution is 0.0113. The molecule has 0 bridgehead atoms. The first-order valence-corrected chi connectivity index (χ1v) is 12.0. The van der Waals surface area contributed by atoms with Gasteiger partial charge >= 0.3 is 0 Å². The quantitative estimate of drug-likeness (QED) is 0.611. The molecule has 3 atom stereocenters. The summed E-state index contributed by atoms with van der Waals surface area (Å²) in [5.74, 6) is 0. The van der Waals surface area contributed by atoms with Gasteiger partial charge in [0, 0.05) is 6.42 Å². The van der Waals surface area contributed by atoms with E-state index in [0.29, 0.717) is 0 Å². The monoisotopic (exact) mass is 440 g/mol. The Hall–Kier alpha value is -1.78. The molecule has 1 aliphatic heterocycles. The Morgan fingerprint density at radius 3 is 1.86 bits per heavy atom. The van der Waals surface area contributed by atoms with Crippen LogP contribution in [0.2, 0.25) is 0 Å². The molecule has 9 heteroatoms. The molecule has 0 unspecified atom stereocenters. The highest BCUT2D eigenvalue weighted by molar-refractivity contribution is 7.87. The van der Waals surface area contributed by atoms with Crippen LogP contribution >= 0.6 is 0 Å². The summed E-state index contributed by atoms with van der Waals surface area (Å²) in [6.45, 7) is 5.18. The Kier molecular flexibility index (Phi) is 6.45. The molecule has 0 spiro atoms. The topological polar surface area (TPSA) is 96.0 Å². The predicted molar refractivity (Wildman–Crippen MR) is 107 cm³/mol. The maximum absolute atomic E-state index is 12.5. The Morgan fingerprint density at radius 1 is 0.862 bits per heavy atom. The number of benzene rings is 2. The third-order valence-corrected chi connectivity index (χ3v) is 7.35. The lowest BCUT2D eigenvalue weighted by Crippen LogP contribution is -2.25. The van der Waals surface area contributed by atoms with Crippen molar-refractivity contribution in [3.05, 3.63) is 59.7 Å². The van der Waals surface area contributed by atoms with Crippen LogP contribution in [0.15, 0.2) is 58.3 Å². The van der Waals surface area contributed by atoms with Gasteiger partial charge in [-0.05, 0) is 45.0 Å². The number of hydrogen-bond donors (Lipinski definition) is 0. The highest BCUT2D eigenvalue weighted by atomic mass is 32.2. The summed E-state index contributed by atoms with van der Waals surface area (Å²) in [4.78, 5) is 0.126. The van der Waals surface area contributed by atoms with Crippen molar-refractivity contribution in [3.63, 3.8) is 0 Å². The van der Waals surface area contributed by atoms with Crippen molar-refractivity contribution >= 4 is 20.2 Å². The minimum Gasteiger partial charge on any atom is -0.370 e. The molecule has 1 aliphatic rings. The van der Waals surface area contributed by atoms with Crippen molar-refractivity contribution < 1.29 is 29.9 Å². The minimum atomic E-state index is -3.95. The van der Waals surface area contributed by atoms with Crippen molar-refractivity contribution in [2.45, 2.75) is 55.3 Å². The first kappa shape index (κ1) is 21.9. The fourth-order valence-corrected chi connectivity index (χ4v) is 5.06. The summed E-state index contributed by atoms with van der Waals surface area (Å²) >= 11 is 0. The molecule has 2 aromatic rings. The van der Waals surface area contributed by atoms with Crippen LogP contribution in [0.3, 0.4) is 0 Å². The molecule has 0 aromatic heterocycles. The van der Waals surface area contributed by atoms with Crippen LogP contribution in [0.1, 0.15) is 24.5 Å². The summed E-state index contributed by atoms with van der Waals surface area (Å²) < 4.78 is 65.6. The van der Waals surface area contributed by atoms with Gasteiger partial charge in [0.05, 0.1) is 28.6 Å². The molecule has 1 saturated heterocycles. The summed E-state index contributed by atoms with van der Waals surface area (Å²) in [6, 6.07) is 12.7. The van der Waals surface area contributed by atoms with Crippen molar-refractivity contribution in [1.82, 2.24) is 0 Å². The fraction of sp³-hybridized carbons (Fsp3) is 0.400. The fourth-order valence-electron chi connectivity index (χ4n) is 2.98. The highest BCUT2D eigenvalue weighted by Gasteiger charge is 2.37. The molecule has 158 valence electrons. The van der Waals surface area contributed by atoms with E-state index in [9.17, 15) is 16.8 Å². The molecule has 7 nitrogen and oxygen atoms in total. The van der Waals surface area contributed by atoms with Gasteiger partial charge in [0.1, 0.15) is 6.10 Å². The summed E-state index contributed by atoms with van der Waals surface area (Å²) in [7, 11) is -7.87. The van der Waals surface area contributed by atoms with Gasteiger partial charge in [0.25, 0.3) is 20.2 Å². The highest BCUT2D eigenvalue weighted by Crippen LogP contribution is 2.28. The Morgan fingerprint density at radius 2 is 1.34 bits per heavy atom. The van der Waals surface area contributed by atoms with Gasteiger partial charge in [-0.25, -0.2) is 0 Å². The van der Waals surface area contributed by atoms with Gasteiger partial charge in [0.2, 0.25) is 0 Å². The molecular weight excluding hydrogens is 416 g/mol. The van der Waals surface area contributed by atoms with Crippen molar-refractivity contribution in [1.29, 1.82) is 0 Å². The molecule has 1 heterocycles. The third-order valence-electron chi connectivity index (χ3n) is 4.70. The predicted octanol–water partition coefficient (Wildman–Crippen LogP) is 2.96. The SMILES string of the molecule is Cc1ccc(S(=O)(=O)OC[C@@H]2C[C@@H](OS(=O)(=O)c3ccc(C)cc3)[C@H](C)O2)cc1. The molecule has 0 radical (unpaired) electrons. The molecular formula is C20H24O7S2. The van der Waals surface area contributed by atoms with E-state index in [1.807, 2.05) is 13.8 Å². The zero-order valence-corrected chi connectivity index (χ0v) is 18.1. The Balaban J connectivity index is 1.60. The van der Waals surface area contributed by atoms with E-state index < -0.39 is 38.5 Å². The zero-order chi connectivity index (χ0) is 21.2. The average Bonchev–Trinajstić information content (AvgIpc) is 3.00. The second-order valence-corrected chi connectivity index (χ2v) is 10.3. The van der Waals surface area contributed by atoms with Crippen LogP contribution in [-0.2, 0) is 33.3 Å². The second-order valence-electron chi connectivity index (χ2n) is 7.15. The second kappa shape index (κ2) is 8.53. The molecule has 0 saturated carbocycles. The van der Waals surface area contributed by atoms with Gasteiger partial charge in [-0.2, -0.15) is 16.8 Å². The van der Waals surface area contributed by atoms with Crippen LogP contribution in [0.4, 0.5) is 0 Å². The molecule has 29 heavy (non-hydrogen) atoms. The number of ether oxygens (including phenoxy) is 1. The number of rotatable bonds is 7. The van der Waals surface area contributed by atoms with Crippen molar-refractivity contribution in [2.24, 2.45) is 0 Å².